The van der Waals surface area contributed by atoms with Crippen LogP contribution in [-0.4, -0.2) is 36.3 Å². The zero-order chi connectivity index (χ0) is 16.8. The Kier molecular flexibility index (Phi) is 3.73. The summed E-state index contributed by atoms with van der Waals surface area (Å²) in [5, 5.41) is 18.2. The molecule has 3 rings (SSSR count). The highest BCUT2D eigenvalue weighted by atomic mass is 32.2. The molecule has 2 aromatic rings. The molecule has 0 fully saturated rings. The Labute approximate surface area is 135 Å². The Bertz CT molecular complexity index is 923. The lowest BCUT2D eigenvalue weighted by molar-refractivity contribution is -0.134. The minimum Gasteiger partial charge on any atom is -0.480 e. The molecule has 0 radical (unpaired) electrons. The number of carboxylic acid groups (broad SMARTS) is 2. The largest absolute Gasteiger partial charge is 0.480 e. The van der Waals surface area contributed by atoms with Crippen LogP contribution in [-0.2, 0) is 27.5 Å². The molecular weight excluding hydrogens is 340 g/mol. The van der Waals surface area contributed by atoms with Crippen molar-refractivity contribution in [1.29, 1.82) is 0 Å². The summed E-state index contributed by atoms with van der Waals surface area (Å²) in [6, 6.07) is 7.26. The number of aryl methyl sites for hydroxylation is 1. The smallest absolute Gasteiger partial charge is 0.346 e. The number of thiophene rings is 1. The molecule has 0 unspecified atom stereocenters. The summed E-state index contributed by atoms with van der Waals surface area (Å²) < 4.78 is 24.5. The average Bonchev–Trinajstić information content (AvgIpc) is 2.87. The quantitative estimate of drug-likeness (QED) is 0.872. The standard InChI is InChI=1S/C15H12O6S2/c16-11(17)7-23(20,21)15-10-6-5-8-3-1-2-4-9(8)12(10)13(22-15)14(18)19/h1-4H,5-7H2,(H,16,17)(H,18,19). The first-order valence-corrected chi connectivity index (χ1v) is 9.20. The van der Waals surface area contributed by atoms with Crippen molar-refractivity contribution in [3.63, 3.8) is 0 Å². The van der Waals surface area contributed by atoms with Crippen molar-refractivity contribution in [2.24, 2.45) is 0 Å². The first kappa shape index (κ1) is 15.7. The Hall–Kier alpha value is -2.19. The lowest BCUT2D eigenvalue weighted by atomic mass is 9.87. The van der Waals surface area contributed by atoms with Crippen LogP contribution < -0.4 is 0 Å². The zero-order valence-corrected chi connectivity index (χ0v) is 13.4. The maximum Gasteiger partial charge on any atom is 0.346 e. The van der Waals surface area contributed by atoms with E-state index in [1.54, 1.807) is 12.1 Å². The molecule has 0 amide bonds. The van der Waals surface area contributed by atoms with Gasteiger partial charge in [0.1, 0.15) is 9.09 Å². The zero-order valence-electron chi connectivity index (χ0n) is 11.8. The van der Waals surface area contributed by atoms with E-state index in [9.17, 15) is 23.1 Å². The summed E-state index contributed by atoms with van der Waals surface area (Å²) in [5.41, 5.74) is 2.50. The Morgan fingerprint density at radius 3 is 2.48 bits per heavy atom. The Morgan fingerprint density at radius 2 is 1.83 bits per heavy atom. The van der Waals surface area contributed by atoms with Crippen molar-refractivity contribution < 1.29 is 28.2 Å². The van der Waals surface area contributed by atoms with E-state index in [0.29, 0.717) is 40.9 Å². The number of fused-ring (bicyclic) bond motifs is 3. The first-order valence-electron chi connectivity index (χ1n) is 6.73. The number of rotatable bonds is 4. The van der Waals surface area contributed by atoms with Crippen molar-refractivity contribution in [3.05, 3.63) is 40.3 Å². The molecule has 1 aromatic heterocycles. The second kappa shape index (κ2) is 5.47. The van der Waals surface area contributed by atoms with Gasteiger partial charge in [0.2, 0.25) is 0 Å². The van der Waals surface area contributed by atoms with Gasteiger partial charge >= 0.3 is 11.9 Å². The maximum absolute atomic E-state index is 12.3. The van der Waals surface area contributed by atoms with Gasteiger partial charge in [0.15, 0.2) is 15.6 Å². The normalized spacial score (nSPS) is 13.2. The third-order valence-corrected chi connectivity index (χ3v) is 7.16. The molecule has 120 valence electrons. The fraction of sp³-hybridized carbons (Fsp3) is 0.200. The van der Waals surface area contributed by atoms with E-state index in [1.165, 1.54) is 0 Å². The third kappa shape index (κ3) is 2.64. The van der Waals surface area contributed by atoms with Crippen LogP contribution in [0.3, 0.4) is 0 Å². The first-order chi connectivity index (χ1) is 10.8. The van der Waals surface area contributed by atoms with Crippen LogP contribution in [0.4, 0.5) is 0 Å². The van der Waals surface area contributed by atoms with E-state index in [2.05, 4.69) is 0 Å². The summed E-state index contributed by atoms with van der Waals surface area (Å²) in [4.78, 5) is 22.3. The molecule has 6 nitrogen and oxygen atoms in total. The molecule has 2 N–H and O–H groups in total. The predicted molar refractivity (Wildman–Crippen MR) is 83.8 cm³/mol. The monoisotopic (exact) mass is 352 g/mol. The molecule has 0 bridgehead atoms. The van der Waals surface area contributed by atoms with Gasteiger partial charge in [0.05, 0.1) is 0 Å². The fourth-order valence-electron chi connectivity index (χ4n) is 2.83. The van der Waals surface area contributed by atoms with Crippen molar-refractivity contribution in [1.82, 2.24) is 0 Å². The number of hydrogen-bond acceptors (Lipinski definition) is 5. The SMILES string of the molecule is O=C(O)CS(=O)(=O)c1sc(C(=O)O)c2c1CCc1ccccc1-2. The third-order valence-electron chi connectivity index (χ3n) is 3.69. The highest BCUT2D eigenvalue weighted by Gasteiger charge is 2.33. The van der Waals surface area contributed by atoms with Crippen molar-refractivity contribution in [3.8, 4) is 11.1 Å². The van der Waals surface area contributed by atoms with Crippen LogP contribution in [0.5, 0.6) is 0 Å². The second-order valence-corrected chi connectivity index (χ2v) is 8.39. The number of sulfone groups is 1. The van der Waals surface area contributed by atoms with Gasteiger partial charge in [-0.2, -0.15) is 0 Å². The Balaban J connectivity index is 2.29. The van der Waals surface area contributed by atoms with Crippen LogP contribution >= 0.6 is 11.3 Å². The predicted octanol–water partition coefficient (Wildman–Crippen LogP) is 2.07. The molecule has 1 aliphatic rings. The van der Waals surface area contributed by atoms with Crippen LogP contribution in [0.15, 0.2) is 28.5 Å². The number of carboxylic acids is 2. The molecule has 0 saturated carbocycles. The second-order valence-electron chi connectivity index (χ2n) is 5.19. The van der Waals surface area contributed by atoms with E-state index < -0.39 is 27.5 Å². The van der Waals surface area contributed by atoms with E-state index >= 15 is 0 Å². The van der Waals surface area contributed by atoms with Crippen molar-refractivity contribution in [2.75, 3.05) is 5.75 Å². The van der Waals surface area contributed by atoms with Gasteiger partial charge in [-0.15, -0.1) is 11.3 Å². The number of carbonyl (C=O) groups is 2. The van der Waals surface area contributed by atoms with Gasteiger partial charge in [-0.25, -0.2) is 13.2 Å². The lowest BCUT2D eigenvalue weighted by Gasteiger charge is -2.18. The summed E-state index contributed by atoms with van der Waals surface area (Å²) in [6.07, 6.45) is 0.971. The minimum atomic E-state index is -4.06. The molecule has 1 aliphatic carbocycles. The fourth-order valence-corrected chi connectivity index (χ4v) is 5.73. The van der Waals surface area contributed by atoms with Gasteiger partial charge in [-0.3, -0.25) is 4.79 Å². The van der Waals surface area contributed by atoms with Crippen LogP contribution in [0.2, 0.25) is 0 Å². The van der Waals surface area contributed by atoms with Crippen molar-refractivity contribution in [2.45, 2.75) is 17.1 Å². The molecule has 0 atom stereocenters. The van der Waals surface area contributed by atoms with Crippen LogP contribution in [0.1, 0.15) is 20.8 Å². The minimum absolute atomic E-state index is 0.0592. The number of hydrogen-bond donors (Lipinski definition) is 2. The molecule has 23 heavy (non-hydrogen) atoms. The molecular formula is C15H12O6S2. The van der Waals surface area contributed by atoms with E-state index in [4.69, 9.17) is 5.11 Å². The average molecular weight is 352 g/mol. The van der Waals surface area contributed by atoms with Crippen molar-refractivity contribution >= 4 is 33.1 Å². The van der Waals surface area contributed by atoms with Gasteiger partial charge in [-0.1, -0.05) is 24.3 Å². The number of aliphatic carboxylic acids is 1. The molecule has 1 aromatic carbocycles. The molecule has 1 heterocycles. The molecule has 0 saturated heterocycles. The molecule has 8 heteroatoms. The summed E-state index contributed by atoms with van der Waals surface area (Å²) in [6.45, 7) is 0. The van der Waals surface area contributed by atoms with Crippen LogP contribution in [0, 0.1) is 0 Å². The van der Waals surface area contributed by atoms with Crippen LogP contribution in [0.25, 0.3) is 11.1 Å². The molecule has 0 aliphatic heterocycles. The number of benzene rings is 1. The van der Waals surface area contributed by atoms with Gasteiger partial charge in [0, 0.05) is 5.56 Å². The summed E-state index contributed by atoms with van der Waals surface area (Å²) in [5.74, 6) is -3.71. The van der Waals surface area contributed by atoms with E-state index in [1.807, 2.05) is 12.1 Å². The molecule has 0 spiro atoms. The Morgan fingerprint density at radius 1 is 1.13 bits per heavy atom. The highest BCUT2D eigenvalue weighted by Crippen LogP contribution is 2.44. The highest BCUT2D eigenvalue weighted by molar-refractivity contribution is 7.94. The van der Waals surface area contributed by atoms with Gasteiger partial charge in [-0.05, 0) is 29.5 Å². The van der Waals surface area contributed by atoms with E-state index in [0.717, 1.165) is 5.56 Å². The maximum atomic E-state index is 12.3. The van der Waals surface area contributed by atoms with Gasteiger partial charge in [0.25, 0.3) is 0 Å². The number of aromatic carboxylic acids is 1. The lowest BCUT2D eigenvalue weighted by Crippen LogP contribution is -2.16. The summed E-state index contributed by atoms with van der Waals surface area (Å²) in [7, 11) is -4.06. The van der Waals surface area contributed by atoms with E-state index in [-0.39, 0.29) is 9.09 Å². The van der Waals surface area contributed by atoms with Gasteiger partial charge < -0.3 is 10.2 Å². The topological polar surface area (TPSA) is 109 Å². The summed E-state index contributed by atoms with van der Waals surface area (Å²) >= 11 is 0.645.